The van der Waals surface area contributed by atoms with E-state index in [-0.39, 0.29) is 37.2 Å². The van der Waals surface area contributed by atoms with Gasteiger partial charge in [-0.25, -0.2) is 4.52 Å². The van der Waals surface area contributed by atoms with Crippen LogP contribution in [0.15, 0.2) is 30.6 Å². The van der Waals surface area contributed by atoms with E-state index >= 15 is 0 Å². The summed E-state index contributed by atoms with van der Waals surface area (Å²) in [7, 11) is 0. The number of hydrogen-bond acceptors (Lipinski definition) is 2. The zero-order chi connectivity index (χ0) is 7.68. The molecule has 0 spiro atoms. The molecule has 0 radical (unpaired) electrons. The normalized spacial score (nSPS) is 7.64. The molecule has 0 N–H and O–H groups in total. The quantitative estimate of drug-likeness (QED) is 0.723. The van der Waals surface area contributed by atoms with E-state index in [0.717, 1.165) is 5.52 Å². The number of pyridine rings is 1. The molecule has 0 aliphatic carbocycles. The molecule has 2 aromatic rings. The SMILES string of the molecule is Cl.Cl.Cl.N#Cc1cnn2ccccc12. The van der Waals surface area contributed by atoms with Crippen molar-refractivity contribution in [3.8, 4) is 6.07 Å². The van der Waals surface area contributed by atoms with Gasteiger partial charge in [0.2, 0.25) is 0 Å². The minimum Gasteiger partial charge on any atom is -0.240 e. The summed E-state index contributed by atoms with van der Waals surface area (Å²) in [6.45, 7) is 0. The largest absolute Gasteiger partial charge is 0.240 e. The fourth-order valence-electron chi connectivity index (χ4n) is 1.02. The Balaban J connectivity index is 0. The van der Waals surface area contributed by atoms with Gasteiger partial charge in [-0.3, -0.25) is 0 Å². The highest BCUT2D eigenvalue weighted by Crippen LogP contribution is 2.06. The van der Waals surface area contributed by atoms with Crippen molar-refractivity contribution >= 4 is 42.7 Å². The second kappa shape index (κ2) is 6.50. The molecular formula is C8H8Cl3N3. The minimum atomic E-state index is 0. The van der Waals surface area contributed by atoms with E-state index < -0.39 is 0 Å². The zero-order valence-electron chi connectivity index (χ0n) is 6.95. The van der Waals surface area contributed by atoms with Crippen LogP contribution in [0.1, 0.15) is 5.56 Å². The van der Waals surface area contributed by atoms with E-state index in [0.29, 0.717) is 5.56 Å². The fourth-order valence-corrected chi connectivity index (χ4v) is 1.02. The summed E-state index contributed by atoms with van der Waals surface area (Å²) in [6, 6.07) is 7.70. The molecule has 0 saturated carbocycles. The Morgan fingerprint density at radius 1 is 1.21 bits per heavy atom. The van der Waals surface area contributed by atoms with E-state index in [1.807, 2.05) is 24.4 Å². The topological polar surface area (TPSA) is 41.1 Å². The van der Waals surface area contributed by atoms with Crippen LogP contribution in [-0.2, 0) is 0 Å². The molecule has 0 aliphatic rings. The molecule has 2 heterocycles. The maximum Gasteiger partial charge on any atom is 0.103 e. The summed E-state index contributed by atoms with van der Waals surface area (Å²) in [6.07, 6.45) is 3.38. The fraction of sp³-hybridized carbons (Fsp3) is 0. The number of rotatable bonds is 0. The third-order valence-corrected chi connectivity index (χ3v) is 1.55. The van der Waals surface area contributed by atoms with Crippen LogP contribution < -0.4 is 0 Å². The van der Waals surface area contributed by atoms with Crippen molar-refractivity contribution in [1.29, 1.82) is 5.26 Å². The van der Waals surface area contributed by atoms with Crippen LogP contribution in [-0.4, -0.2) is 9.61 Å². The summed E-state index contributed by atoms with van der Waals surface area (Å²) in [5, 5.41) is 12.6. The lowest BCUT2D eigenvalue weighted by Gasteiger charge is -1.88. The Hall–Kier alpha value is -0.950. The Morgan fingerprint density at radius 3 is 2.57 bits per heavy atom. The van der Waals surface area contributed by atoms with Crippen LogP contribution >= 0.6 is 37.2 Å². The van der Waals surface area contributed by atoms with Crippen molar-refractivity contribution in [2.75, 3.05) is 0 Å². The standard InChI is InChI=1S/C8H5N3.3ClH/c9-5-7-6-10-11-4-2-1-3-8(7)11;;;/h1-4,6H;3*1H. The van der Waals surface area contributed by atoms with Gasteiger partial charge in [0, 0.05) is 6.20 Å². The monoisotopic (exact) mass is 251 g/mol. The van der Waals surface area contributed by atoms with Gasteiger partial charge >= 0.3 is 0 Å². The van der Waals surface area contributed by atoms with Crippen molar-refractivity contribution in [3.05, 3.63) is 36.2 Å². The van der Waals surface area contributed by atoms with Crippen molar-refractivity contribution < 1.29 is 0 Å². The van der Waals surface area contributed by atoms with Crippen LogP contribution in [0.3, 0.4) is 0 Å². The molecule has 0 atom stereocenters. The van der Waals surface area contributed by atoms with Crippen molar-refractivity contribution in [2.24, 2.45) is 0 Å². The van der Waals surface area contributed by atoms with Crippen LogP contribution in [0.2, 0.25) is 0 Å². The van der Waals surface area contributed by atoms with Gasteiger partial charge in [0.15, 0.2) is 0 Å². The summed E-state index contributed by atoms with van der Waals surface area (Å²) in [5.74, 6) is 0. The van der Waals surface area contributed by atoms with Crippen LogP contribution in [0, 0.1) is 11.3 Å². The molecule has 2 aromatic heterocycles. The third-order valence-electron chi connectivity index (χ3n) is 1.55. The Morgan fingerprint density at radius 2 is 1.93 bits per heavy atom. The third kappa shape index (κ3) is 2.52. The maximum atomic E-state index is 8.62. The Kier molecular flexibility index (Phi) is 7.20. The number of nitrogens with zero attached hydrogens (tertiary/aromatic N) is 3. The van der Waals surface area contributed by atoms with Gasteiger partial charge in [-0.15, -0.1) is 37.2 Å². The van der Waals surface area contributed by atoms with Crippen LogP contribution in [0.4, 0.5) is 0 Å². The van der Waals surface area contributed by atoms with Gasteiger partial charge in [0.05, 0.1) is 17.3 Å². The van der Waals surface area contributed by atoms with Gasteiger partial charge < -0.3 is 0 Å². The molecule has 0 bridgehead atoms. The van der Waals surface area contributed by atoms with E-state index in [9.17, 15) is 0 Å². The predicted octanol–water partition coefficient (Wildman–Crippen LogP) is 2.47. The minimum absolute atomic E-state index is 0. The molecule has 0 aromatic carbocycles. The van der Waals surface area contributed by atoms with Crippen LogP contribution in [0.5, 0.6) is 0 Å². The molecule has 0 amide bonds. The van der Waals surface area contributed by atoms with Gasteiger partial charge in [-0.05, 0) is 12.1 Å². The number of hydrogen-bond donors (Lipinski definition) is 0. The Bertz CT molecular complexity index is 433. The summed E-state index contributed by atoms with van der Waals surface area (Å²) < 4.78 is 1.68. The smallest absolute Gasteiger partial charge is 0.103 e. The average molecular weight is 253 g/mol. The van der Waals surface area contributed by atoms with E-state index in [4.69, 9.17) is 5.26 Å². The summed E-state index contributed by atoms with van der Waals surface area (Å²) in [4.78, 5) is 0. The molecule has 2 rings (SSSR count). The lowest BCUT2D eigenvalue weighted by Crippen LogP contribution is -1.82. The molecular weight excluding hydrogens is 244 g/mol. The first-order valence-corrected chi connectivity index (χ1v) is 3.24. The summed E-state index contributed by atoms with van der Waals surface area (Å²) in [5.41, 5.74) is 1.47. The van der Waals surface area contributed by atoms with Crippen LogP contribution in [0.25, 0.3) is 5.52 Å². The summed E-state index contributed by atoms with van der Waals surface area (Å²) >= 11 is 0. The van der Waals surface area contributed by atoms with Gasteiger partial charge in [-0.1, -0.05) is 6.07 Å². The molecule has 0 unspecified atom stereocenters. The number of aromatic nitrogens is 2. The van der Waals surface area contributed by atoms with E-state index in [2.05, 4.69) is 11.2 Å². The first kappa shape index (κ1) is 15.5. The highest BCUT2D eigenvalue weighted by molar-refractivity contribution is 5.86. The first-order valence-electron chi connectivity index (χ1n) is 3.24. The van der Waals surface area contributed by atoms with Gasteiger partial charge in [0.1, 0.15) is 6.07 Å². The highest BCUT2D eigenvalue weighted by Gasteiger charge is 1.98. The van der Waals surface area contributed by atoms with Crippen molar-refractivity contribution in [1.82, 2.24) is 9.61 Å². The second-order valence-electron chi connectivity index (χ2n) is 2.20. The second-order valence-corrected chi connectivity index (χ2v) is 2.20. The number of fused-ring (bicyclic) bond motifs is 1. The number of nitriles is 1. The maximum absolute atomic E-state index is 8.62. The predicted molar refractivity (Wildman–Crippen MR) is 61.7 cm³/mol. The molecule has 76 valence electrons. The Labute approximate surface area is 100.0 Å². The van der Waals surface area contributed by atoms with E-state index in [1.165, 1.54) is 0 Å². The van der Waals surface area contributed by atoms with E-state index in [1.54, 1.807) is 10.7 Å². The lowest BCUT2D eigenvalue weighted by atomic mass is 10.3. The molecule has 14 heavy (non-hydrogen) atoms. The van der Waals surface area contributed by atoms with Crippen molar-refractivity contribution in [2.45, 2.75) is 0 Å². The molecule has 0 fully saturated rings. The van der Waals surface area contributed by atoms with Crippen molar-refractivity contribution in [3.63, 3.8) is 0 Å². The zero-order valence-corrected chi connectivity index (χ0v) is 9.40. The molecule has 6 heteroatoms. The highest BCUT2D eigenvalue weighted by atomic mass is 35.5. The average Bonchev–Trinajstić information content (AvgIpc) is 2.47. The molecule has 0 aliphatic heterocycles. The first-order chi connectivity index (χ1) is 5.42. The van der Waals surface area contributed by atoms with Gasteiger partial charge in [0.25, 0.3) is 0 Å². The molecule has 0 saturated heterocycles. The number of halogens is 3. The molecule has 3 nitrogen and oxygen atoms in total. The lowest BCUT2D eigenvalue weighted by molar-refractivity contribution is 0.961. The van der Waals surface area contributed by atoms with Gasteiger partial charge in [-0.2, -0.15) is 10.4 Å².